The average molecular weight is 267 g/mol. The van der Waals surface area contributed by atoms with E-state index in [-0.39, 0.29) is 24.5 Å². The Labute approximate surface area is 115 Å². The van der Waals surface area contributed by atoms with E-state index in [1.807, 2.05) is 13.8 Å². The van der Waals surface area contributed by atoms with E-state index < -0.39 is 5.41 Å². The molecule has 0 aromatic rings. The zero-order valence-corrected chi connectivity index (χ0v) is 12.0. The quantitative estimate of drug-likeness (QED) is 0.794. The second kappa shape index (κ2) is 5.61. The Hall–Kier alpha value is -0.900. The molecule has 4 nitrogen and oxygen atoms in total. The van der Waals surface area contributed by atoms with Crippen molar-refractivity contribution in [2.75, 3.05) is 6.61 Å². The van der Waals surface area contributed by atoms with Crippen molar-refractivity contribution in [3.05, 3.63) is 0 Å². The van der Waals surface area contributed by atoms with E-state index in [9.17, 15) is 14.7 Å². The molecule has 2 rings (SSSR count). The van der Waals surface area contributed by atoms with E-state index in [1.165, 1.54) is 11.3 Å². The summed E-state index contributed by atoms with van der Waals surface area (Å²) in [7, 11) is 0. The molecule has 1 N–H and O–H groups in total. The zero-order valence-electron chi connectivity index (χ0n) is 12.0. The van der Waals surface area contributed by atoms with Gasteiger partial charge in [0.05, 0.1) is 18.1 Å². The molecule has 1 atom stereocenters. The van der Waals surface area contributed by atoms with Crippen LogP contribution in [0.1, 0.15) is 58.8 Å². The van der Waals surface area contributed by atoms with E-state index in [4.69, 9.17) is 0 Å². The van der Waals surface area contributed by atoms with Crippen LogP contribution in [0, 0.1) is 11.3 Å². The Morgan fingerprint density at radius 3 is 2.37 bits per heavy atom. The third kappa shape index (κ3) is 2.69. The topological polar surface area (TPSA) is 57.6 Å². The molecule has 1 unspecified atom stereocenters. The number of amides is 2. The Balaban J connectivity index is 2.17. The maximum Gasteiger partial charge on any atom is 0.236 e. The molecule has 1 aliphatic carbocycles. The molecular formula is C15H25NO3. The van der Waals surface area contributed by atoms with Crippen LogP contribution in [0.15, 0.2) is 0 Å². The molecule has 2 aliphatic rings. The van der Waals surface area contributed by atoms with Gasteiger partial charge in [0.2, 0.25) is 11.8 Å². The van der Waals surface area contributed by atoms with Gasteiger partial charge in [-0.2, -0.15) is 0 Å². The van der Waals surface area contributed by atoms with Crippen LogP contribution in [0.5, 0.6) is 0 Å². The van der Waals surface area contributed by atoms with Gasteiger partial charge in [0, 0.05) is 6.42 Å². The van der Waals surface area contributed by atoms with Crippen molar-refractivity contribution >= 4 is 11.8 Å². The SMILES string of the molecule is CC(C)CC(CO)N1C(=O)CC2(CCCCC2)C1=O. The van der Waals surface area contributed by atoms with Gasteiger partial charge in [0.1, 0.15) is 0 Å². The van der Waals surface area contributed by atoms with Gasteiger partial charge in [0.25, 0.3) is 0 Å². The first-order valence-corrected chi connectivity index (χ1v) is 7.47. The number of aliphatic hydroxyl groups is 1. The second-order valence-corrected chi connectivity index (χ2v) is 6.55. The Bertz CT molecular complexity index is 358. The van der Waals surface area contributed by atoms with E-state index in [2.05, 4.69) is 0 Å². The van der Waals surface area contributed by atoms with E-state index in [1.54, 1.807) is 0 Å². The van der Waals surface area contributed by atoms with Gasteiger partial charge >= 0.3 is 0 Å². The monoisotopic (exact) mass is 267 g/mol. The van der Waals surface area contributed by atoms with Crippen molar-refractivity contribution in [1.82, 2.24) is 4.90 Å². The fraction of sp³-hybridized carbons (Fsp3) is 0.867. The van der Waals surface area contributed by atoms with Crippen molar-refractivity contribution in [2.45, 2.75) is 64.8 Å². The van der Waals surface area contributed by atoms with Crippen molar-refractivity contribution in [3.63, 3.8) is 0 Å². The number of hydrogen-bond donors (Lipinski definition) is 1. The largest absolute Gasteiger partial charge is 0.394 e. The van der Waals surface area contributed by atoms with Gasteiger partial charge in [-0.1, -0.05) is 33.1 Å². The summed E-state index contributed by atoms with van der Waals surface area (Å²) >= 11 is 0. The van der Waals surface area contributed by atoms with Crippen LogP contribution < -0.4 is 0 Å². The summed E-state index contributed by atoms with van der Waals surface area (Å²) in [6, 6.07) is -0.332. The zero-order chi connectivity index (χ0) is 14.0. The molecule has 0 radical (unpaired) electrons. The van der Waals surface area contributed by atoms with Crippen LogP contribution in [-0.4, -0.2) is 34.5 Å². The first-order chi connectivity index (χ1) is 9.00. The summed E-state index contributed by atoms with van der Waals surface area (Å²) in [4.78, 5) is 26.3. The highest BCUT2D eigenvalue weighted by molar-refractivity contribution is 6.06. The van der Waals surface area contributed by atoms with E-state index >= 15 is 0 Å². The number of aliphatic hydroxyl groups excluding tert-OH is 1. The summed E-state index contributed by atoms with van der Waals surface area (Å²) in [5.74, 6) is 0.268. The van der Waals surface area contributed by atoms with Gasteiger partial charge in [-0.15, -0.1) is 0 Å². The van der Waals surface area contributed by atoms with Gasteiger partial charge in [-0.05, 0) is 25.2 Å². The minimum absolute atomic E-state index is 0.0168. The molecule has 0 bridgehead atoms. The molecule has 1 heterocycles. The maximum atomic E-state index is 12.7. The molecule has 0 aromatic heterocycles. The number of carbonyl (C=O) groups is 2. The predicted octanol–water partition coefficient (Wildman–Crippen LogP) is 2.10. The van der Waals surface area contributed by atoms with E-state index in [0.717, 1.165) is 25.7 Å². The van der Waals surface area contributed by atoms with Crippen molar-refractivity contribution in [2.24, 2.45) is 11.3 Å². The molecule has 19 heavy (non-hydrogen) atoms. The third-order valence-corrected chi connectivity index (χ3v) is 4.56. The highest BCUT2D eigenvalue weighted by atomic mass is 16.3. The van der Waals surface area contributed by atoms with Gasteiger partial charge < -0.3 is 5.11 Å². The minimum Gasteiger partial charge on any atom is -0.394 e. The molecule has 0 aromatic carbocycles. The van der Waals surface area contributed by atoms with Gasteiger partial charge in [-0.3, -0.25) is 14.5 Å². The van der Waals surface area contributed by atoms with Crippen molar-refractivity contribution < 1.29 is 14.7 Å². The molecule has 1 saturated carbocycles. The molecule has 2 amide bonds. The lowest BCUT2D eigenvalue weighted by molar-refractivity contribution is -0.146. The first-order valence-electron chi connectivity index (χ1n) is 7.47. The Kier molecular flexibility index (Phi) is 4.29. The lowest BCUT2D eigenvalue weighted by Crippen LogP contribution is -2.45. The fourth-order valence-electron chi connectivity index (χ4n) is 3.61. The average Bonchev–Trinajstić information content (AvgIpc) is 2.59. The maximum absolute atomic E-state index is 12.7. The predicted molar refractivity (Wildman–Crippen MR) is 72.3 cm³/mol. The third-order valence-electron chi connectivity index (χ3n) is 4.56. The number of nitrogens with zero attached hydrogens (tertiary/aromatic N) is 1. The van der Waals surface area contributed by atoms with Gasteiger partial charge in [-0.25, -0.2) is 0 Å². The normalized spacial score (nSPS) is 24.5. The van der Waals surface area contributed by atoms with Crippen LogP contribution in [0.3, 0.4) is 0 Å². The number of carbonyl (C=O) groups excluding carboxylic acids is 2. The molecular weight excluding hydrogens is 242 g/mol. The number of imide groups is 1. The standard InChI is InChI=1S/C15H25NO3/c1-11(2)8-12(10-17)16-13(18)9-15(14(16)19)6-4-3-5-7-15/h11-12,17H,3-10H2,1-2H3. The van der Waals surface area contributed by atoms with Crippen LogP contribution in [0.2, 0.25) is 0 Å². The second-order valence-electron chi connectivity index (χ2n) is 6.55. The van der Waals surface area contributed by atoms with Gasteiger partial charge in [0.15, 0.2) is 0 Å². The summed E-state index contributed by atoms with van der Waals surface area (Å²) < 4.78 is 0. The van der Waals surface area contributed by atoms with Crippen molar-refractivity contribution in [3.8, 4) is 0 Å². The summed E-state index contributed by atoms with van der Waals surface area (Å²) in [5.41, 5.74) is -0.431. The Morgan fingerprint density at radius 1 is 1.21 bits per heavy atom. The van der Waals surface area contributed by atoms with Crippen LogP contribution in [0.4, 0.5) is 0 Å². The van der Waals surface area contributed by atoms with Crippen LogP contribution in [-0.2, 0) is 9.59 Å². The smallest absolute Gasteiger partial charge is 0.236 e. The molecule has 1 aliphatic heterocycles. The lowest BCUT2D eigenvalue weighted by Gasteiger charge is -2.32. The first kappa shape index (κ1) is 14.5. The molecule has 2 fully saturated rings. The van der Waals surface area contributed by atoms with E-state index in [0.29, 0.717) is 18.8 Å². The number of rotatable bonds is 4. The fourth-order valence-corrected chi connectivity index (χ4v) is 3.61. The molecule has 4 heteroatoms. The van der Waals surface area contributed by atoms with Crippen LogP contribution in [0.25, 0.3) is 0 Å². The highest BCUT2D eigenvalue weighted by Gasteiger charge is 2.53. The summed E-state index contributed by atoms with van der Waals surface area (Å²) in [6.45, 7) is 3.97. The molecule has 108 valence electrons. The molecule has 1 saturated heterocycles. The lowest BCUT2D eigenvalue weighted by atomic mass is 9.73. The summed E-state index contributed by atoms with van der Waals surface area (Å²) in [6.07, 6.45) is 5.98. The highest BCUT2D eigenvalue weighted by Crippen LogP contribution is 2.46. The minimum atomic E-state index is -0.431. The Morgan fingerprint density at radius 2 is 1.84 bits per heavy atom. The van der Waals surface area contributed by atoms with Crippen molar-refractivity contribution in [1.29, 1.82) is 0 Å². The number of hydrogen-bond acceptors (Lipinski definition) is 3. The number of likely N-dealkylation sites (tertiary alicyclic amines) is 1. The molecule has 1 spiro atoms. The summed E-state index contributed by atoms with van der Waals surface area (Å²) in [5, 5.41) is 9.51. The van der Waals surface area contributed by atoms with Crippen LogP contribution >= 0.6 is 0 Å².